The second kappa shape index (κ2) is 5.11. The van der Waals surface area contributed by atoms with E-state index < -0.39 is 11.4 Å². The molecule has 4 heteroatoms. The molecule has 0 spiro atoms. The Labute approximate surface area is 113 Å². The van der Waals surface area contributed by atoms with Crippen molar-refractivity contribution < 1.29 is 19.4 Å². The minimum atomic E-state index is -0.760. The van der Waals surface area contributed by atoms with Crippen LogP contribution in [0.15, 0.2) is 12.1 Å². The van der Waals surface area contributed by atoms with Crippen molar-refractivity contribution in [2.75, 3.05) is 14.2 Å². The first-order valence-corrected chi connectivity index (χ1v) is 6.52. The Morgan fingerprint density at radius 2 is 1.84 bits per heavy atom. The first kappa shape index (κ1) is 13.7. The third-order valence-electron chi connectivity index (χ3n) is 4.18. The van der Waals surface area contributed by atoms with E-state index in [1.807, 2.05) is 13.0 Å². The molecule has 1 aromatic rings. The predicted octanol–water partition coefficient (Wildman–Crippen LogP) is 2.91. The van der Waals surface area contributed by atoms with Crippen molar-refractivity contribution in [1.29, 1.82) is 0 Å². The first-order valence-electron chi connectivity index (χ1n) is 6.52. The van der Waals surface area contributed by atoms with Crippen LogP contribution in [0.4, 0.5) is 0 Å². The summed E-state index contributed by atoms with van der Waals surface area (Å²) < 4.78 is 10.6. The molecule has 1 aromatic carbocycles. The van der Waals surface area contributed by atoms with Crippen LogP contribution in [0.1, 0.15) is 36.8 Å². The van der Waals surface area contributed by atoms with Crippen LogP contribution in [0.2, 0.25) is 0 Å². The highest BCUT2D eigenvalue weighted by molar-refractivity contribution is 5.83. The van der Waals surface area contributed by atoms with Crippen LogP contribution in [0, 0.1) is 6.92 Å². The monoisotopic (exact) mass is 264 g/mol. The van der Waals surface area contributed by atoms with Gasteiger partial charge < -0.3 is 14.6 Å². The van der Waals surface area contributed by atoms with Gasteiger partial charge in [-0.05, 0) is 37.0 Å². The summed E-state index contributed by atoms with van der Waals surface area (Å²) in [6.45, 7) is 1.90. The van der Waals surface area contributed by atoms with Crippen LogP contribution in [0.5, 0.6) is 11.5 Å². The molecule has 0 heterocycles. The first-order chi connectivity index (χ1) is 9.06. The highest BCUT2D eigenvalue weighted by Gasteiger charge is 2.44. The van der Waals surface area contributed by atoms with Gasteiger partial charge in [0.2, 0.25) is 0 Å². The average molecular weight is 264 g/mol. The van der Waals surface area contributed by atoms with Crippen molar-refractivity contribution in [1.82, 2.24) is 0 Å². The minimum absolute atomic E-state index is 0.632. The maximum atomic E-state index is 11.8. The van der Waals surface area contributed by atoms with E-state index in [1.165, 1.54) is 0 Å². The zero-order valence-electron chi connectivity index (χ0n) is 11.7. The Morgan fingerprint density at radius 3 is 2.32 bits per heavy atom. The van der Waals surface area contributed by atoms with Crippen LogP contribution >= 0.6 is 0 Å². The molecule has 1 aliphatic carbocycles. The fourth-order valence-electron chi connectivity index (χ4n) is 3.18. The molecule has 2 rings (SSSR count). The van der Waals surface area contributed by atoms with Crippen molar-refractivity contribution in [3.63, 3.8) is 0 Å². The number of carbonyl (C=O) groups is 1. The number of carboxylic acid groups (broad SMARTS) is 1. The summed E-state index contributed by atoms with van der Waals surface area (Å²) in [5.41, 5.74) is 0.963. The molecule has 1 aliphatic rings. The summed E-state index contributed by atoms with van der Waals surface area (Å²) in [6.07, 6.45) is 3.30. The van der Waals surface area contributed by atoms with Crippen LogP contribution in [-0.4, -0.2) is 25.3 Å². The van der Waals surface area contributed by atoms with Gasteiger partial charge in [-0.25, -0.2) is 0 Å². The van der Waals surface area contributed by atoms with Gasteiger partial charge in [0.15, 0.2) is 11.5 Å². The topological polar surface area (TPSA) is 55.8 Å². The second-order valence-corrected chi connectivity index (χ2v) is 5.07. The number of carboxylic acids is 1. The molecule has 0 aliphatic heterocycles. The number of aliphatic carboxylic acids is 1. The van der Waals surface area contributed by atoms with E-state index in [4.69, 9.17) is 9.47 Å². The third kappa shape index (κ3) is 2.05. The van der Waals surface area contributed by atoms with Crippen molar-refractivity contribution in [3.05, 3.63) is 23.3 Å². The minimum Gasteiger partial charge on any atom is -0.493 e. The summed E-state index contributed by atoms with van der Waals surface area (Å²) in [6, 6.07) is 3.67. The van der Waals surface area contributed by atoms with E-state index in [1.54, 1.807) is 20.3 Å². The lowest BCUT2D eigenvalue weighted by atomic mass is 9.76. The third-order valence-corrected chi connectivity index (χ3v) is 4.18. The normalized spacial score (nSPS) is 17.2. The Balaban J connectivity index is 2.59. The van der Waals surface area contributed by atoms with E-state index in [-0.39, 0.29) is 0 Å². The molecule has 0 amide bonds. The van der Waals surface area contributed by atoms with E-state index in [9.17, 15) is 9.90 Å². The largest absolute Gasteiger partial charge is 0.493 e. The number of hydrogen-bond donors (Lipinski definition) is 1. The summed E-state index contributed by atoms with van der Waals surface area (Å²) in [4.78, 5) is 11.8. The molecule has 1 fully saturated rings. The molecular formula is C15H20O4. The molecule has 0 bridgehead atoms. The van der Waals surface area contributed by atoms with E-state index in [0.29, 0.717) is 24.3 Å². The van der Waals surface area contributed by atoms with Gasteiger partial charge in [-0.2, -0.15) is 0 Å². The van der Waals surface area contributed by atoms with Crippen LogP contribution in [0.25, 0.3) is 0 Å². The lowest BCUT2D eigenvalue weighted by Gasteiger charge is -2.27. The molecule has 0 radical (unpaired) electrons. The Morgan fingerprint density at radius 1 is 1.21 bits per heavy atom. The van der Waals surface area contributed by atoms with Crippen molar-refractivity contribution in [2.45, 2.75) is 38.0 Å². The van der Waals surface area contributed by atoms with Gasteiger partial charge in [-0.3, -0.25) is 4.79 Å². The summed E-state index contributed by atoms with van der Waals surface area (Å²) >= 11 is 0. The maximum Gasteiger partial charge on any atom is 0.314 e. The Bertz CT molecular complexity index is 487. The lowest BCUT2D eigenvalue weighted by molar-refractivity contribution is -0.143. The number of benzene rings is 1. The molecular weight excluding hydrogens is 244 g/mol. The molecule has 104 valence electrons. The fourth-order valence-corrected chi connectivity index (χ4v) is 3.18. The van der Waals surface area contributed by atoms with Gasteiger partial charge in [0, 0.05) is 0 Å². The van der Waals surface area contributed by atoms with Gasteiger partial charge in [-0.15, -0.1) is 0 Å². The number of rotatable bonds is 4. The fraction of sp³-hybridized carbons (Fsp3) is 0.533. The number of ether oxygens (including phenoxy) is 2. The van der Waals surface area contributed by atoms with E-state index >= 15 is 0 Å². The molecule has 0 saturated heterocycles. The SMILES string of the molecule is COc1ccc(C2(C(=O)O)CCCC2)c(C)c1OC. The smallest absolute Gasteiger partial charge is 0.314 e. The molecule has 1 saturated carbocycles. The van der Waals surface area contributed by atoms with Crippen molar-refractivity contribution in [3.8, 4) is 11.5 Å². The summed E-state index contributed by atoms with van der Waals surface area (Å²) in [7, 11) is 3.16. The van der Waals surface area contributed by atoms with Gasteiger partial charge in [0.1, 0.15) is 0 Å². The summed E-state index contributed by atoms with van der Waals surface area (Å²) in [5, 5.41) is 9.66. The van der Waals surface area contributed by atoms with Crippen LogP contribution < -0.4 is 9.47 Å². The van der Waals surface area contributed by atoms with Crippen LogP contribution in [0.3, 0.4) is 0 Å². The zero-order valence-corrected chi connectivity index (χ0v) is 11.7. The Hall–Kier alpha value is -1.71. The zero-order chi connectivity index (χ0) is 14.0. The second-order valence-electron chi connectivity index (χ2n) is 5.07. The number of hydrogen-bond acceptors (Lipinski definition) is 3. The molecule has 0 aromatic heterocycles. The molecule has 0 atom stereocenters. The molecule has 4 nitrogen and oxygen atoms in total. The van der Waals surface area contributed by atoms with Gasteiger partial charge >= 0.3 is 5.97 Å². The lowest BCUT2D eigenvalue weighted by Crippen LogP contribution is -2.33. The molecule has 19 heavy (non-hydrogen) atoms. The van der Waals surface area contributed by atoms with Gasteiger partial charge in [0.25, 0.3) is 0 Å². The average Bonchev–Trinajstić information content (AvgIpc) is 2.88. The maximum absolute atomic E-state index is 11.8. The van der Waals surface area contributed by atoms with Gasteiger partial charge in [0.05, 0.1) is 19.6 Å². The Kier molecular flexibility index (Phi) is 3.69. The predicted molar refractivity (Wildman–Crippen MR) is 72.1 cm³/mol. The van der Waals surface area contributed by atoms with E-state index in [2.05, 4.69) is 0 Å². The van der Waals surface area contributed by atoms with E-state index in [0.717, 1.165) is 24.0 Å². The highest BCUT2D eigenvalue weighted by atomic mass is 16.5. The van der Waals surface area contributed by atoms with Crippen molar-refractivity contribution in [2.24, 2.45) is 0 Å². The summed E-state index contributed by atoms with van der Waals surface area (Å²) in [5.74, 6) is 0.537. The number of methoxy groups -OCH3 is 2. The molecule has 1 N–H and O–H groups in total. The van der Waals surface area contributed by atoms with Crippen molar-refractivity contribution >= 4 is 5.97 Å². The highest BCUT2D eigenvalue weighted by Crippen LogP contribution is 2.46. The quantitative estimate of drug-likeness (QED) is 0.908. The molecule has 0 unspecified atom stereocenters. The van der Waals surface area contributed by atoms with Crippen LogP contribution in [-0.2, 0) is 10.2 Å². The standard InChI is InChI=1S/C15H20O4/c1-10-11(6-7-12(18-2)13(10)19-3)15(14(16)17)8-4-5-9-15/h6-7H,4-5,8-9H2,1-3H3,(H,16,17). The van der Waals surface area contributed by atoms with Gasteiger partial charge in [-0.1, -0.05) is 18.9 Å².